The largest absolute Gasteiger partial charge is 0.394 e. The van der Waals surface area contributed by atoms with E-state index in [4.69, 9.17) is 0 Å². The second-order valence-electron chi connectivity index (χ2n) is 5.17. The van der Waals surface area contributed by atoms with Gasteiger partial charge < -0.3 is 10.4 Å². The average molecular weight is 286 g/mol. The maximum atomic E-state index is 11.9. The molecule has 2 N–H and O–H groups in total. The number of rotatable bonds is 6. The Morgan fingerprint density at radius 2 is 2.05 bits per heavy atom. The molecule has 5 nitrogen and oxygen atoms in total. The molecule has 19 heavy (non-hydrogen) atoms. The van der Waals surface area contributed by atoms with Crippen molar-refractivity contribution in [1.82, 2.24) is 9.88 Å². The second kappa shape index (κ2) is 6.86. The molecule has 0 aliphatic carbocycles. The summed E-state index contributed by atoms with van der Waals surface area (Å²) >= 11 is 1.15. The molecule has 0 radical (unpaired) electrons. The number of aliphatic hydroxyl groups is 1. The van der Waals surface area contributed by atoms with E-state index in [1.807, 2.05) is 27.7 Å². The van der Waals surface area contributed by atoms with Gasteiger partial charge in [-0.15, -0.1) is 0 Å². The van der Waals surface area contributed by atoms with Gasteiger partial charge in [0.1, 0.15) is 6.54 Å². The molecule has 0 fully saturated rings. The summed E-state index contributed by atoms with van der Waals surface area (Å²) in [6, 6.07) is -0.247. The third-order valence-corrected chi connectivity index (χ3v) is 4.01. The Morgan fingerprint density at radius 3 is 2.47 bits per heavy atom. The minimum Gasteiger partial charge on any atom is -0.394 e. The highest BCUT2D eigenvalue weighted by Gasteiger charge is 2.15. The fourth-order valence-electron chi connectivity index (χ4n) is 1.94. The maximum Gasteiger partial charge on any atom is 0.308 e. The molecule has 0 aliphatic rings. The van der Waals surface area contributed by atoms with Gasteiger partial charge in [-0.1, -0.05) is 25.2 Å². The van der Waals surface area contributed by atoms with Crippen molar-refractivity contribution < 1.29 is 9.90 Å². The number of aliphatic hydroxyl groups excluding tert-OH is 1. The number of aromatic nitrogens is 1. The average Bonchev–Trinajstić information content (AvgIpc) is 2.54. The lowest BCUT2D eigenvalue weighted by atomic mass is 10.0. The quantitative estimate of drug-likeness (QED) is 0.821. The van der Waals surface area contributed by atoms with Crippen molar-refractivity contribution in [3.63, 3.8) is 0 Å². The summed E-state index contributed by atoms with van der Waals surface area (Å²) in [5.74, 6) is 0.160. The van der Waals surface area contributed by atoms with Crippen molar-refractivity contribution in [3.8, 4) is 0 Å². The van der Waals surface area contributed by atoms with Gasteiger partial charge in [-0.05, 0) is 26.2 Å². The van der Waals surface area contributed by atoms with Crippen LogP contribution in [0.3, 0.4) is 0 Å². The Kier molecular flexibility index (Phi) is 5.75. The molecule has 1 unspecified atom stereocenters. The number of carbonyl (C=O) groups excluding carboxylic acids is 1. The van der Waals surface area contributed by atoms with Crippen LogP contribution in [-0.2, 0) is 11.3 Å². The van der Waals surface area contributed by atoms with Gasteiger partial charge in [0.25, 0.3) is 0 Å². The molecule has 6 heteroatoms. The van der Waals surface area contributed by atoms with Crippen molar-refractivity contribution in [2.24, 2.45) is 5.92 Å². The molecule has 1 heterocycles. The van der Waals surface area contributed by atoms with Gasteiger partial charge in [0.05, 0.1) is 12.6 Å². The third-order valence-electron chi connectivity index (χ3n) is 3.02. The maximum absolute atomic E-state index is 11.9. The Morgan fingerprint density at radius 1 is 1.42 bits per heavy atom. The van der Waals surface area contributed by atoms with Gasteiger partial charge in [0.15, 0.2) is 0 Å². The van der Waals surface area contributed by atoms with Crippen LogP contribution in [0.4, 0.5) is 0 Å². The lowest BCUT2D eigenvalue weighted by Gasteiger charge is -2.18. The molecule has 0 saturated heterocycles. The van der Waals surface area contributed by atoms with E-state index in [1.165, 1.54) is 4.57 Å². The molecule has 0 saturated carbocycles. The summed E-state index contributed by atoms with van der Waals surface area (Å²) in [4.78, 5) is 24.4. The number of nitrogens with zero attached hydrogens (tertiary/aromatic N) is 1. The number of thiazole rings is 1. The lowest BCUT2D eigenvalue weighted by Crippen LogP contribution is -2.41. The Labute approximate surface area is 117 Å². The van der Waals surface area contributed by atoms with Crippen LogP contribution in [0.15, 0.2) is 4.79 Å². The topological polar surface area (TPSA) is 71.3 Å². The van der Waals surface area contributed by atoms with E-state index in [0.29, 0.717) is 5.92 Å². The Balaban J connectivity index is 2.67. The van der Waals surface area contributed by atoms with Crippen molar-refractivity contribution in [1.29, 1.82) is 0 Å². The minimum absolute atomic E-state index is 0.0175. The molecule has 0 aromatic carbocycles. The molecule has 1 amide bonds. The zero-order chi connectivity index (χ0) is 14.6. The van der Waals surface area contributed by atoms with Gasteiger partial charge in [-0.3, -0.25) is 14.2 Å². The highest BCUT2D eigenvalue weighted by atomic mass is 32.1. The number of carbonyl (C=O) groups is 1. The second-order valence-corrected chi connectivity index (χ2v) is 6.34. The van der Waals surface area contributed by atoms with E-state index in [9.17, 15) is 14.7 Å². The fourth-order valence-corrected chi connectivity index (χ4v) is 2.77. The van der Waals surface area contributed by atoms with Crippen LogP contribution in [0.1, 0.15) is 30.8 Å². The number of hydrogen-bond acceptors (Lipinski definition) is 4. The summed E-state index contributed by atoms with van der Waals surface area (Å²) in [6.07, 6.45) is 0.721. The van der Waals surface area contributed by atoms with Gasteiger partial charge in [-0.2, -0.15) is 0 Å². The highest BCUT2D eigenvalue weighted by molar-refractivity contribution is 7.09. The van der Waals surface area contributed by atoms with Gasteiger partial charge >= 0.3 is 4.87 Å². The molecule has 1 atom stereocenters. The van der Waals surface area contributed by atoms with Crippen LogP contribution in [0.2, 0.25) is 0 Å². The lowest BCUT2D eigenvalue weighted by molar-refractivity contribution is -0.122. The summed E-state index contributed by atoms with van der Waals surface area (Å²) in [7, 11) is 0. The molecule has 1 rings (SSSR count). The predicted molar refractivity (Wildman–Crippen MR) is 76.5 cm³/mol. The first kappa shape index (κ1) is 15.9. The minimum atomic E-state index is -0.247. The molecule has 0 aliphatic heterocycles. The first-order valence-corrected chi connectivity index (χ1v) is 7.23. The van der Waals surface area contributed by atoms with Crippen LogP contribution < -0.4 is 10.2 Å². The number of aryl methyl sites for hydroxylation is 1. The van der Waals surface area contributed by atoms with E-state index in [2.05, 4.69) is 5.32 Å². The molecule has 1 aromatic heterocycles. The van der Waals surface area contributed by atoms with Crippen LogP contribution in [0.25, 0.3) is 0 Å². The van der Waals surface area contributed by atoms with Gasteiger partial charge in [-0.25, -0.2) is 0 Å². The summed E-state index contributed by atoms with van der Waals surface area (Å²) in [5, 5.41) is 12.0. The summed E-state index contributed by atoms with van der Waals surface area (Å²) in [5.41, 5.74) is 0.828. The third kappa shape index (κ3) is 4.47. The molecule has 0 bridgehead atoms. The summed E-state index contributed by atoms with van der Waals surface area (Å²) < 4.78 is 1.47. The van der Waals surface area contributed by atoms with E-state index in [0.717, 1.165) is 28.3 Å². The Hall–Kier alpha value is -1.14. The monoisotopic (exact) mass is 286 g/mol. The van der Waals surface area contributed by atoms with Crippen LogP contribution in [-0.4, -0.2) is 28.2 Å². The van der Waals surface area contributed by atoms with E-state index in [-0.39, 0.29) is 30.0 Å². The zero-order valence-corrected chi connectivity index (χ0v) is 12.7. The Bertz CT molecular complexity index is 491. The van der Waals surface area contributed by atoms with Crippen LogP contribution in [0.5, 0.6) is 0 Å². The molecular weight excluding hydrogens is 264 g/mol. The zero-order valence-electron chi connectivity index (χ0n) is 11.9. The molecular formula is C13H22N2O3S. The standard InChI is InChI=1S/C13H22N2O3S/c1-8(2)5-11(7-16)14-12(17)6-15-9(3)10(4)19-13(15)18/h8,11,16H,5-7H2,1-4H3,(H,14,17). The SMILES string of the molecule is Cc1sc(=O)n(CC(=O)NC(CO)CC(C)C)c1C. The normalized spacial score (nSPS) is 12.7. The van der Waals surface area contributed by atoms with E-state index >= 15 is 0 Å². The predicted octanol–water partition coefficient (Wildman–Crippen LogP) is 1.05. The molecule has 1 aromatic rings. The number of amides is 1. The molecule has 108 valence electrons. The van der Waals surface area contributed by atoms with Crippen molar-refractivity contribution >= 4 is 17.2 Å². The number of hydrogen-bond donors (Lipinski definition) is 2. The van der Waals surface area contributed by atoms with Crippen LogP contribution >= 0.6 is 11.3 Å². The highest BCUT2D eigenvalue weighted by Crippen LogP contribution is 2.09. The van der Waals surface area contributed by atoms with Crippen molar-refractivity contribution in [2.45, 2.75) is 46.7 Å². The first-order valence-electron chi connectivity index (χ1n) is 6.42. The first-order chi connectivity index (χ1) is 8.85. The van der Waals surface area contributed by atoms with Crippen molar-refractivity contribution in [3.05, 3.63) is 20.2 Å². The summed E-state index contributed by atoms with van der Waals surface area (Å²) in [6.45, 7) is 7.70. The smallest absolute Gasteiger partial charge is 0.308 e. The van der Waals surface area contributed by atoms with Crippen LogP contribution in [0, 0.1) is 19.8 Å². The number of nitrogens with one attached hydrogen (secondary N) is 1. The fraction of sp³-hybridized carbons (Fsp3) is 0.692. The van der Waals surface area contributed by atoms with Crippen molar-refractivity contribution in [2.75, 3.05) is 6.61 Å². The molecule has 0 spiro atoms. The van der Waals surface area contributed by atoms with Gasteiger partial charge in [0, 0.05) is 10.6 Å². The van der Waals surface area contributed by atoms with E-state index in [1.54, 1.807) is 0 Å². The van der Waals surface area contributed by atoms with E-state index < -0.39 is 0 Å². The van der Waals surface area contributed by atoms with Gasteiger partial charge in [0.2, 0.25) is 5.91 Å².